The third-order valence-electron chi connectivity index (χ3n) is 10.3. The highest BCUT2D eigenvalue weighted by Crippen LogP contribution is 2.66. The Kier molecular flexibility index (Phi) is 8.54. The molecular formula is C32H52O7. The van der Waals surface area contributed by atoms with Gasteiger partial charge in [0.25, 0.3) is 0 Å². The predicted molar refractivity (Wildman–Crippen MR) is 147 cm³/mol. The van der Waals surface area contributed by atoms with E-state index in [1.54, 1.807) is 0 Å². The van der Waals surface area contributed by atoms with Crippen molar-refractivity contribution in [3.05, 3.63) is 0 Å². The van der Waals surface area contributed by atoms with Crippen molar-refractivity contribution < 1.29 is 33.3 Å². The number of fused-ring (bicyclic) bond motifs is 3. The van der Waals surface area contributed by atoms with Crippen molar-refractivity contribution in [2.45, 2.75) is 151 Å². The Bertz CT molecular complexity index is 931. The number of hydrogen-bond donors (Lipinski definition) is 0. The molecule has 3 saturated carbocycles. The van der Waals surface area contributed by atoms with Crippen LogP contribution < -0.4 is 0 Å². The van der Waals surface area contributed by atoms with E-state index in [1.165, 1.54) is 6.42 Å². The molecule has 4 aliphatic rings. The fourth-order valence-electron chi connectivity index (χ4n) is 7.15. The summed E-state index contributed by atoms with van der Waals surface area (Å²) >= 11 is 0. The Morgan fingerprint density at radius 3 is 2.31 bits per heavy atom. The number of esters is 3. The van der Waals surface area contributed by atoms with Crippen molar-refractivity contribution in [1.82, 2.24) is 0 Å². The molecule has 4 fully saturated rings. The van der Waals surface area contributed by atoms with Crippen molar-refractivity contribution in [2.75, 3.05) is 0 Å². The predicted octanol–water partition coefficient (Wildman–Crippen LogP) is 6.75. The zero-order chi connectivity index (χ0) is 28.8. The van der Waals surface area contributed by atoms with E-state index < -0.39 is 41.3 Å². The minimum Gasteiger partial charge on any atom is -0.457 e. The Balaban J connectivity index is 1.53. The van der Waals surface area contributed by atoms with Crippen LogP contribution >= 0.6 is 0 Å². The zero-order valence-electron chi connectivity index (χ0n) is 25.6. The molecule has 7 nitrogen and oxygen atoms in total. The molecule has 0 aromatic rings. The molecule has 0 spiro atoms. The molecule has 0 radical (unpaired) electrons. The van der Waals surface area contributed by atoms with Crippen LogP contribution in [-0.4, -0.2) is 42.5 Å². The van der Waals surface area contributed by atoms with Gasteiger partial charge in [0, 0.05) is 18.3 Å². The minimum atomic E-state index is -1.37. The molecule has 0 N–H and O–H groups in total. The van der Waals surface area contributed by atoms with E-state index in [2.05, 4.69) is 34.6 Å². The topological polar surface area (TPSA) is 88.1 Å². The van der Waals surface area contributed by atoms with Crippen LogP contribution in [0.3, 0.4) is 0 Å². The summed E-state index contributed by atoms with van der Waals surface area (Å²) in [5.74, 6) is -1.11. The third kappa shape index (κ3) is 6.04. The van der Waals surface area contributed by atoms with Gasteiger partial charge in [0.1, 0.15) is 12.2 Å². The van der Waals surface area contributed by atoms with Crippen LogP contribution in [0.4, 0.5) is 0 Å². The summed E-state index contributed by atoms with van der Waals surface area (Å²) in [6.45, 7) is 16.5. The van der Waals surface area contributed by atoms with Gasteiger partial charge in [-0.05, 0) is 56.3 Å². The SMILES string of the molecule is CCCC(C)(C(=O)OC1C2CC(C(=O)OC(CC(C)(C)C)OC3CCCCC3)(CC3CC31C)C(=O)O2)C(C)C. The van der Waals surface area contributed by atoms with Gasteiger partial charge >= 0.3 is 17.9 Å². The number of carbonyl (C=O) groups excluding carboxylic acids is 3. The highest BCUT2D eigenvalue weighted by Gasteiger charge is 2.72. The first-order chi connectivity index (χ1) is 18.1. The Morgan fingerprint density at radius 1 is 1.05 bits per heavy atom. The van der Waals surface area contributed by atoms with Crippen molar-refractivity contribution in [3.63, 3.8) is 0 Å². The van der Waals surface area contributed by atoms with Gasteiger partial charge in [0.2, 0.25) is 6.29 Å². The first-order valence-electron chi connectivity index (χ1n) is 15.4. The highest BCUT2D eigenvalue weighted by atomic mass is 16.7. The van der Waals surface area contributed by atoms with E-state index >= 15 is 0 Å². The molecule has 1 aliphatic heterocycles. The van der Waals surface area contributed by atoms with Crippen LogP contribution in [0.5, 0.6) is 0 Å². The second-order valence-corrected chi connectivity index (χ2v) is 15.0. The van der Waals surface area contributed by atoms with Gasteiger partial charge in [-0.2, -0.15) is 0 Å². The monoisotopic (exact) mass is 548 g/mol. The van der Waals surface area contributed by atoms with Crippen LogP contribution in [0, 0.1) is 33.5 Å². The summed E-state index contributed by atoms with van der Waals surface area (Å²) in [7, 11) is 0. The minimum absolute atomic E-state index is 0.0720. The molecule has 1 heterocycles. The fraction of sp³-hybridized carbons (Fsp3) is 0.906. The Hall–Kier alpha value is -1.63. The van der Waals surface area contributed by atoms with E-state index in [0.717, 1.165) is 44.9 Å². The van der Waals surface area contributed by atoms with Gasteiger partial charge < -0.3 is 18.9 Å². The second kappa shape index (κ2) is 11.0. The standard InChI is InChI=1S/C32H52O7/c1-9-15-30(7,20(2)3)26(33)39-25-23-18-32(27(34)37-23,17-21-16-31(21,25)8)28(35)38-24(19-29(4,5)6)36-22-13-11-10-12-14-22/h20-25H,9-19H2,1-8H3. The third-order valence-corrected chi connectivity index (χ3v) is 10.3. The van der Waals surface area contributed by atoms with Crippen LogP contribution in [0.1, 0.15) is 126 Å². The number of rotatable bonds is 10. The molecule has 4 rings (SSSR count). The average Bonchev–Trinajstić information content (AvgIpc) is 3.38. The molecule has 3 aliphatic carbocycles. The van der Waals surface area contributed by atoms with Crippen molar-refractivity contribution in [1.29, 1.82) is 0 Å². The maximum Gasteiger partial charge on any atom is 0.325 e. The quantitative estimate of drug-likeness (QED) is 0.129. The average molecular weight is 549 g/mol. The van der Waals surface area contributed by atoms with E-state index in [0.29, 0.717) is 12.8 Å². The number of hydrogen-bond acceptors (Lipinski definition) is 7. The second-order valence-electron chi connectivity index (χ2n) is 15.0. The van der Waals surface area contributed by atoms with Gasteiger partial charge in [0.05, 0.1) is 11.5 Å². The molecule has 0 aromatic heterocycles. The van der Waals surface area contributed by atoms with E-state index in [1.807, 2.05) is 20.8 Å². The molecule has 1 saturated heterocycles. The lowest BCUT2D eigenvalue weighted by Crippen LogP contribution is -2.44. The lowest BCUT2D eigenvalue weighted by Gasteiger charge is -2.36. The molecule has 0 aromatic carbocycles. The maximum atomic E-state index is 13.9. The highest BCUT2D eigenvalue weighted by molar-refractivity contribution is 6.01. The van der Waals surface area contributed by atoms with Gasteiger partial charge in [-0.1, -0.05) is 74.1 Å². The number of carbonyl (C=O) groups is 3. The first-order valence-corrected chi connectivity index (χ1v) is 15.4. The molecular weight excluding hydrogens is 496 g/mol. The Morgan fingerprint density at radius 2 is 1.72 bits per heavy atom. The van der Waals surface area contributed by atoms with Crippen LogP contribution in [0.15, 0.2) is 0 Å². The molecule has 0 amide bonds. The van der Waals surface area contributed by atoms with Crippen LogP contribution in [0.2, 0.25) is 0 Å². The lowest BCUT2D eigenvalue weighted by molar-refractivity contribution is -0.210. The van der Waals surface area contributed by atoms with E-state index in [4.69, 9.17) is 18.9 Å². The molecule has 7 unspecified atom stereocenters. The first kappa shape index (κ1) is 30.3. The molecule has 2 bridgehead atoms. The van der Waals surface area contributed by atoms with Gasteiger partial charge in [0.15, 0.2) is 5.41 Å². The molecule has 39 heavy (non-hydrogen) atoms. The fourth-order valence-corrected chi connectivity index (χ4v) is 7.15. The normalized spacial score (nSPS) is 34.9. The molecule has 7 heteroatoms. The largest absolute Gasteiger partial charge is 0.457 e. The van der Waals surface area contributed by atoms with Crippen molar-refractivity contribution in [2.24, 2.45) is 33.5 Å². The Labute approximate surface area is 235 Å². The lowest BCUT2D eigenvalue weighted by atomic mass is 9.75. The smallest absolute Gasteiger partial charge is 0.325 e. The van der Waals surface area contributed by atoms with Gasteiger partial charge in [-0.25, -0.2) is 0 Å². The van der Waals surface area contributed by atoms with Gasteiger partial charge in [-0.3, -0.25) is 14.4 Å². The molecule has 222 valence electrons. The van der Waals surface area contributed by atoms with Crippen LogP contribution in [-0.2, 0) is 33.3 Å². The molecule has 7 atom stereocenters. The van der Waals surface area contributed by atoms with Gasteiger partial charge in [-0.15, -0.1) is 0 Å². The summed E-state index contributed by atoms with van der Waals surface area (Å²) in [5, 5.41) is 0. The summed E-state index contributed by atoms with van der Waals surface area (Å²) in [5.41, 5.74) is -2.41. The van der Waals surface area contributed by atoms with Crippen molar-refractivity contribution in [3.8, 4) is 0 Å². The summed E-state index contributed by atoms with van der Waals surface area (Å²) in [4.78, 5) is 40.9. The maximum absolute atomic E-state index is 13.9. The van der Waals surface area contributed by atoms with Crippen LogP contribution in [0.25, 0.3) is 0 Å². The van der Waals surface area contributed by atoms with Crippen molar-refractivity contribution >= 4 is 17.9 Å². The number of ether oxygens (including phenoxy) is 4. The van der Waals surface area contributed by atoms with E-state index in [-0.39, 0.29) is 41.2 Å². The van der Waals surface area contributed by atoms with E-state index in [9.17, 15) is 14.4 Å². The summed E-state index contributed by atoms with van der Waals surface area (Å²) in [6.07, 6.45) is 7.05. The summed E-state index contributed by atoms with van der Waals surface area (Å²) < 4.78 is 24.6. The summed E-state index contributed by atoms with van der Waals surface area (Å²) in [6, 6.07) is 0. The zero-order valence-corrected chi connectivity index (χ0v) is 25.6.